The summed E-state index contributed by atoms with van der Waals surface area (Å²) in [6.45, 7) is 4.98. The molecule has 0 aliphatic heterocycles. The first-order chi connectivity index (χ1) is 9.52. The Morgan fingerprint density at radius 1 is 1.30 bits per heavy atom. The Kier molecular flexibility index (Phi) is 4.49. The van der Waals surface area contributed by atoms with E-state index >= 15 is 0 Å². The summed E-state index contributed by atoms with van der Waals surface area (Å²) in [5.74, 6) is 0.705. The van der Waals surface area contributed by atoms with Crippen molar-refractivity contribution in [2.45, 2.75) is 20.4 Å². The summed E-state index contributed by atoms with van der Waals surface area (Å²) in [6, 6.07) is 6.29. The van der Waals surface area contributed by atoms with Crippen LogP contribution in [0, 0.1) is 13.8 Å². The Balaban J connectivity index is 2.16. The molecule has 0 amide bonds. The molecule has 1 aromatic heterocycles. The molecule has 0 saturated heterocycles. The Bertz CT molecular complexity index is 593. The van der Waals surface area contributed by atoms with Crippen LogP contribution in [0.2, 0.25) is 0 Å². The van der Waals surface area contributed by atoms with Crippen molar-refractivity contribution in [2.75, 3.05) is 31.4 Å². The monoisotopic (exact) mass is 291 g/mol. The van der Waals surface area contributed by atoms with Gasteiger partial charge in [-0.3, -0.25) is 0 Å². The summed E-state index contributed by atoms with van der Waals surface area (Å²) in [7, 11) is 5.64. The molecule has 108 valence electrons. The number of hydrogen-bond donors (Lipinski definition) is 1. The average molecular weight is 291 g/mol. The van der Waals surface area contributed by atoms with Gasteiger partial charge >= 0.3 is 0 Å². The van der Waals surface area contributed by atoms with Crippen molar-refractivity contribution in [3.63, 3.8) is 0 Å². The Morgan fingerprint density at radius 2 is 2.05 bits per heavy atom. The maximum atomic E-state index is 5.35. The van der Waals surface area contributed by atoms with Crippen LogP contribution < -0.4 is 15.0 Å². The standard InChI is InChI=1S/C15H21N3OS/c1-10-7-6-8-12(11(10)2)16-9-13-14(19-5)17-15(20-13)18(3)4/h6-8,16H,9H2,1-5H3. The van der Waals surface area contributed by atoms with E-state index in [2.05, 4.69) is 42.3 Å². The van der Waals surface area contributed by atoms with E-state index in [0.29, 0.717) is 5.88 Å². The maximum Gasteiger partial charge on any atom is 0.231 e. The number of thiazole rings is 1. The van der Waals surface area contributed by atoms with Crippen molar-refractivity contribution in [3.05, 3.63) is 34.2 Å². The van der Waals surface area contributed by atoms with Gasteiger partial charge in [-0.15, -0.1) is 0 Å². The van der Waals surface area contributed by atoms with Crippen molar-refractivity contribution in [1.82, 2.24) is 4.98 Å². The number of aromatic nitrogens is 1. The summed E-state index contributed by atoms with van der Waals surface area (Å²) in [5.41, 5.74) is 3.73. The van der Waals surface area contributed by atoms with Crippen LogP contribution in [0.1, 0.15) is 16.0 Å². The lowest BCUT2D eigenvalue weighted by molar-refractivity contribution is 0.397. The summed E-state index contributed by atoms with van der Waals surface area (Å²) in [6.07, 6.45) is 0. The predicted octanol–water partition coefficient (Wildman–Crippen LogP) is 3.45. The van der Waals surface area contributed by atoms with Crippen LogP contribution in [0.15, 0.2) is 18.2 Å². The van der Waals surface area contributed by atoms with Gasteiger partial charge in [-0.1, -0.05) is 23.5 Å². The minimum atomic E-state index is 0.705. The van der Waals surface area contributed by atoms with Gasteiger partial charge in [0.25, 0.3) is 0 Å². The fourth-order valence-electron chi connectivity index (χ4n) is 1.91. The summed E-state index contributed by atoms with van der Waals surface area (Å²) in [4.78, 5) is 7.57. The number of ether oxygens (including phenoxy) is 1. The smallest absolute Gasteiger partial charge is 0.231 e. The maximum absolute atomic E-state index is 5.35. The Morgan fingerprint density at radius 3 is 2.70 bits per heavy atom. The van der Waals surface area contributed by atoms with Gasteiger partial charge in [-0.2, -0.15) is 4.98 Å². The third kappa shape index (κ3) is 3.04. The fraction of sp³-hybridized carbons (Fsp3) is 0.400. The zero-order chi connectivity index (χ0) is 14.7. The quantitative estimate of drug-likeness (QED) is 0.915. The van der Waals surface area contributed by atoms with Gasteiger partial charge in [0, 0.05) is 19.8 Å². The molecule has 2 rings (SSSR count). The lowest BCUT2D eigenvalue weighted by Gasteiger charge is -2.10. The highest BCUT2D eigenvalue weighted by molar-refractivity contribution is 7.15. The zero-order valence-corrected chi connectivity index (χ0v) is 13.5. The van der Waals surface area contributed by atoms with Gasteiger partial charge in [-0.25, -0.2) is 0 Å². The van der Waals surface area contributed by atoms with Crippen molar-refractivity contribution < 1.29 is 4.74 Å². The molecule has 0 aliphatic rings. The SMILES string of the molecule is COc1nc(N(C)C)sc1CNc1cccc(C)c1C. The predicted molar refractivity (Wildman–Crippen MR) is 86.2 cm³/mol. The second kappa shape index (κ2) is 6.13. The van der Waals surface area contributed by atoms with Crippen LogP contribution in [0.5, 0.6) is 5.88 Å². The Hall–Kier alpha value is -1.75. The highest BCUT2D eigenvalue weighted by Gasteiger charge is 2.13. The molecule has 0 saturated carbocycles. The van der Waals surface area contributed by atoms with E-state index in [0.717, 1.165) is 22.2 Å². The van der Waals surface area contributed by atoms with Crippen LogP contribution in [-0.4, -0.2) is 26.2 Å². The molecule has 0 unspecified atom stereocenters. The van der Waals surface area contributed by atoms with Crippen LogP contribution in [0.25, 0.3) is 0 Å². The summed E-state index contributed by atoms with van der Waals surface area (Å²) < 4.78 is 5.35. The first kappa shape index (κ1) is 14.7. The summed E-state index contributed by atoms with van der Waals surface area (Å²) >= 11 is 1.65. The molecule has 0 radical (unpaired) electrons. The van der Waals surface area contributed by atoms with E-state index in [1.807, 2.05) is 19.0 Å². The molecule has 0 bridgehead atoms. The summed E-state index contributed by atoms with van der Waals surface area (Å²) in [5, 5.41) is 4.43. The van der Waals surface area contributed by atoms with E-state index in [-0.39, 0.29) is 0 Å². The topological polar surface area (TPSA) is 37.4 Å². The van der Waals surface area contributed by atoms with Crippen molar-refractivity contribution in [3.8, 4) is 5.88 Å². The first-order valence-electron chi connectivity index (χ1n) is 6.54. The minimum Gasteiger partial charge on any atom is -0.480 e. The lowest BCUT2D eigenvalue weighted by Crippen LogP contribution is -2.07. The molecular formula is C15H21N3OS. The number of nitrogens with zero attached hydrogens (tertiary/aromatic N) is 2. The van der Waals surface area contributed by atoms with Crippen LogP contribution >= 0.6 is 11.3 Å². The average Bonchev–Trinajstić information content (AvgIpc) is 2.84. The molecule has 1 aromatic carbocycles. The molecule has 0 fully saturated rings. The molecule has 0 spiro atoms. The lowest BCUT2D eigenvalue weighted by atomic mass is 10.1. The number of hydrogen-bond acceptors (Lipinski definition) is 5. The van der Waals surface area contributed by atoms with Crippen molar-refractivity contribution in [2.24, 2.45) is 0 Å². The molecule has 0 atom stereocenters. The number of methoxy groups -OCH3 is 1. The first-order valence-corrected chi connectivity index (χ1v) is 7.35. The molecule has 2 aromatic rings. The largest absolute Gasteiger partial charge is 0.480 e. The van der Waals surface area contributed by atoms with E-state index in [1.165, 1.54) is 11.1 Å². The molecular weight excluding hydrogens is 270 g/mol. The number of nitrogens with one attached hydrogen (secondary N) is 1. The second-order valence-corrected chi connectivity index (χ2v) is 5.99. The van der Waals surface area contributed by atoms with Gasteiger partial charge in [-0.05, 0) is 31.0 Å². The molecule has 1 N–H and O–H groups in total. The molecule has 20 heavy (non-hydrogen) atoms. The van der Waals surface area contributed by atoms with Crippen molar-refractivity contribution in [1.29, 1.82) is 0 Å². The van der Waals surface area contributed by atoms with E-state index in [1.54, 1.807) is 18.4 Å². The van der Waals surface area contributed by atoms with E-state index < -0.39 is 0 Å². The van der Waals surface area contributed by atoms with Gasteiger partial charge in [0.1, 0.15) is 0 Å². The van der Waals surface area contributed by atoms with Gasteiger partial charge in [0.2, 0.25) is 5.88 Å². The van der Waals surface area contributed by atoms with E-state index in [9.17, 15) is 0 Å². The number of rotatable bonds is 5. The highest BCUT2D eigenvalue weighted by atomic mass is 32.1. The third-order valence-corrected chi connectivity index (χ3v) is 4.47. The van der Waals surface area contributed by atoms with E-state index in [4.69, 9.17) is 4.74 Å². The van der Waals surface area contributed by atoms with Crippen LogP contribution in [0.4, 0.5) is 10.8 Å². The Labute approximate surface area is 124 Å². The van der Waals surface area contributed by atoms with Gasteiger partial charge in [0.15, 0.2) is 5.13 Å². The minimum absolute atomic E-state index is 0.705. The van der Waals surface area contributed by atoms with Crippen LogP contribution in [-0.2, 0) is 6.54 Å². The van der Waals surface area contributed by atoms with Crippen molar-refractivity contribution >= 4 is 22.2 Å². The number of benzene rings is 1. The normalized spacial score (nSPS) is 10.4. The van der Waals surface area contributed by atoms with Gasteiger partial charge < -0.3 is 15.0 Å². The second-order valence-electron chi connectivity index (χ2n) is 4.92. The third-order valence-electron chi connectivity index (χ3n) is 3.27. The number of anilines is 2. The van der Waals surface area contributed by atoms with Gasteiger partial charge in [0.05, 0.1) is 18.5 Å². The number of aryl methyl sites for hydroxylation is 1. The zero-order valence-electron chi connectivity index (χ0n) is 12.7. The molecule has 0 aliphatic carbocycles. The van der Waals surface area contributed by atoms with Crippen LogP contribution in [0.3, 0.4) is 0 Å². The molecule has 4 nitrogen and oxygen atoms in total. The fourth-order valence-corrected chi connectivity index (χ4v) is 2.80. The molecule has 1 heterocycles. The highest BCUT2D eigenvalue weighted by Crippen LogP contribution is 2.31. The molecule has 5 heteroatoms.